The van der Waals surface area contributed by atoms with Crippen LogP contribution >= 0.6 is 0 Å². The third-order valence-corrected chi connectivity index (χ3v) is 3.88. The number of benzene rings is 1. The van der Waals surface area contributed by atoms with E-state index < -0.39 is 5.54 Å². The van der Waals surface area contributed by atoms with E-state index in [0.717, 1.165) is 12.8 Å². The Balaban J connectivity index is 1.90. The number of amides is 1. The van der Waals surface area contributed by atoms with Gasteiger partial charge in [-0.15, -0.1) is 0 Å². The number of carbonyl (C=O) groups is 1. The van der Waals surface area contributed by atoms with Crippen molar-refractivity contribution in [3.05, 3.63) is 35.6 Å². The Hall–Kier alpha value is -1.46. The van der Waals surface area contributed by atoms with Crippen molar-refractivity contribution in [3.63, 3.8) is 0 Å². The first-order chi connectivity index (χ1) is 9.18. The second-order valence-corrected chi connectivity index (χ2v) is 5.14. The van der Waals surface area contributed by atoms with Crippen molar-refractivity contribution in [1.29, 1.82) is 0 Å². The number of halogens is 1. The Labute approximate surface area is 111 Å². The molecule has 1 heterocycles. The average Bonchev–Trinajstić information content (AvgIpc) is 3.13. The van der Waals surface area contributed by atoms with E-state index in [1.165, 1.54) is 6.07 Å². The maximum atomic E-state index is 13.9. The van der Waals surface area contributed by atoms with Crippen molar-refractivity contribution in [2.75, 3.05) is 20.3 Å². The molecule has 0 aromatic heterocycles. The van der Waals surface area contributed by atoms with E-state index in [-0.39, 0.29) is 17.9 Å². The molecule has 0 radical (unpaired) electrons. The average molecular weight is 264 g/mol. The van der Waals surface area contributed by atoms with Crippen LogP contribution in [0.2, 0.25) is 0 Å². The number of hydrogen-bond donors (Lipinski definition) is 1. The van der Waals surface area contributed by atoms with Crippen LogP contribution in [0.1, 0.15) is 24.6 Å². The summed E-state index contributed by atoms with van der Waals surface area (Å²) in [5.74, 6) is -0.217. The zero-order valence-corrected chi connectivity index (χ0v) is 10.9. The molecule has 1 saturated carbocycles. The first-order valence-corrected chi connectivity index (χ1v) is 6.50. The molecule has 1 N–H and O–H groups in total. The summed E-state index contributed by atoms with van der Waals surface area (Å²) in [5, 5.41) is 3.29. The van der Waals surface area contributed by atoms with Gasteiger partial charge in [0.2, 0.25) is 5.91 Å². The maximum absolute atomic E-state index is 13.9. The quantitative estimate of drug-likeness (QED) is 0.894. The fourth-order valence-electron chi connectivity index (χ4n) is 2.64. The lowest BCUT2D eigenvalue weighted by atomic mass is 10.1. The van der Waals surface area contributed by atoms with Crippen molar-refractivity contribution in [1.82, 2.24) is 10.2 Å². The van der Waals surface area contributed by atoms with Crippen molar-refractivity contribution < 1.29 is 13.9 Å². The lowest BCUT2D eigenvalue weighted by Crippen LogP contribution is -2.34. The standard InChI is InChI=1S/C14H17FN2O2/c1-19-9-8-17-12(10-4-2-3-5-11(10)15)16-14(6-7-14)13(17)18/h2-5,12,16H,6-9H2,1H3. The van der Waals surface area contributed by atoms with Crippen molar-refractivity contribution in [2.45, 2.75) is 24.5 Å². The summed E-state index contributed by atoms with van der Waals surface area (Å²) in [7, 11) is 1.60. The molecule has 1 amide bonds. The molecule has 1 unspecified atom stereocenters. The predicted molar refractivity (Wildman–Crippen MR) is 67.8 cm³/mol. The minimum atomic E-state index is -0.444. The highest BCUT2D eigenvalue weighted by Crippen LogP contribution is 2.46. The molecule has 102 valence electrons. The van der Waals surface area contributed by atoms with Crippen LogP contribution in [0.3, 0.4) is 0 Å². The van der Waals surface area contributed by atoms with Crippen LogP contribution in [0.25, 0.3) is 0 Å². The van der Waals surface area contributed by atoms with E-state index in [2.05, 4.69) is 5.32 Å². The fraction of sp³-hybridized carbons (Fsp3) is 0.500. The van der Waals surface area contributed by atoms with E-state index in [9.17, 15) is 9.18 Å². The van der Waals surface area contributed by atoms with Crippen molar-refractivity contribution in [2.24, 2.45) is 0 Å². The number of methoxy groups -OCH3 is 1. The Morgan fingerprint density at radius 2 is 2.21 bits per heavy atom. The van der Waals surface area contributed by atoms with Gasteiger partial charge in [0, 0.05) is 19.2 Å². The number of hydrogen-bond acceptors (Lipinski definition) is 3. The molecule has 0 bridgehead atoms. The summed E-state index contributed by atoms with van der Waals surface area (Å²) in [6, 6.07) is 6.59. The minimum Gasteiger partial charge on any atom is -0.383 e. The number of carbonyl (C=O) groups excluding carboxylic acids is 1. The number of nitrogens with one attached hydrogen (secondary N) is 1. The van der Waals surface area contributed by atoms with Crippen LogP contribution < -0.4 is 5.32 Å². The summed E-state index contributed by atoms with van der Waals surface area (Å²) in [4.78, 5) is 14.1. The second kappa shape index (κ2) is 4.58. The molecule has 1 aliphatic carbocycles. The van der Waals surface area contributed by atoms with E-state index in [1.54, 1.807) is 30.2 Å². The van der Waals surface area contributed by atoms with Gasteiger partial charge in [0.05, 0.1) is 6.61 Å². The van der Waals surface area contributed by atoms with Crippen LogP contribution in [0, 0.1) is 5.82 Å². The van der Waals surface area contributed by atoms with E-state index in [4.69, 9.17) is 4.74 Å². The van der Waals surface area contributed by atoms with Crippen LogP contribution in [0.4, 0.5) is 4.39 Å². The topological polar surface area (TPSA) is 41.6 Å². The monoisotopic (exact) mass is 264 g/mol. The molecule has 1 spiro atoms. The molecule has 1 aliphatic heterocycles. The fourth-order valence-corrected chi connectivity index (χ4v) is 2.64. The molecule has 2 aliphatic rings. The SMILES string of the molecule is COCCN1C(=O)C2(CC2)NC1c1ccccc1F. The predicted octanol–water partition coefficient (Wildman–Crippen LogP) is 1.44. The van der Waals surface area contributed by atoms with E-state index in [0.29, 0.717) is 18.7 Å². The van der Waals surface area contributed by atoms with Crippen LogP contribution in [-0.4, -0.2) is 36.6 Å². The molecule has 19 heavy (non-hydrogen) atoms. The van der Waals surface area contributed by atoms with Crippen molar-refractivity contribution >= 4 is 5.91 Å². The molecule has 1 aromatic rings. The van der Waals surface area contributed by atoms with Crippen LogP contribution in [0.5, 0.6) is 0 Å². The summed E-state index contributed by atoms with van der Waals surface area (Å²) < 4.78 is 19.0. The van der Waals surface area contributed by atoms with Crippen molar-refractivity contribution in [3.8, 4) is 0 Å². The smallest absolute Gasteiger partial charge is 0.244 e. The number of nitrogens with zero attached hydrogens (tertiary/aromatic N) is 1. The van der Waals surface area contributed by atoms with Crippen LogP contribution in [-0.2, 0) is 9.53 Å². The van der Waals surface area contributed by atoms with Gasteiger partial charge in [-0.2, -0.15) is 0 Å². The maximum Gasteiger partial charge on any atom is 0.244 e. The van der Waals surface area contributed by atoms with Gasteiger partial charge in [0.25, 0.3) is 0 Å². The Morgan fingerprint density at radius 3 is 2.84 bits per heavy atom. The van der Waals surface area contributed by atoms with Gasteiger partial charge in [-0.05, 0) is 18.9 Å². The Bertz CT molecular complexity index is 502. The van der Waals surface area contributed by atoms with Gasteiger partial charge in [-0.3, -0.25) is 10.1 Å². The molecule has 4 nitrogen and oxygen atoms in total. The van der Waals surface area contributed by atoms with Gasteiger partial charge in [-0.1, -0.05) is 18.2 Å². The molecular formula is C14H17FN2O2. The highest BCUT2D eigenvalue weighted by Gasteiger charge is 2.59. The lowest BCUT2D eigenvalue weighted by molar-refractivity contribution is -0.131. The second-order valence-electron chi connectivity index (χ2n) is 5.14. The molecule has 5 heteroatoms. The zero-order chi connectivity index (χ0) is 13.5. The number of rotatable bonds is 4. The van der Waals surface area contributed by atoms with Gasteiger partial charge in [0.1, 0.15) is 17.5 Å². The molecule has 1 aromatic carbocycles. The third-order valence-electron chi connectivity index (χ3n) is 3.88. The van der Waals surface area contributed by atoms with Gasteiger partial charge in [0.15, 0.2) is 0 Å². The highest BCUT2D eigenvalue weighted by molar-refractivity contribution is 5.92. The first-order valence-electron chi connectivity index (χ1n) is 6.50. The molecule has 2 fully saturated rings. The Morgan fingerprint density at radius 1 is 1.47 bits per heavy atom. The summed E-state index contributed by atoms with van der Waals surface area (Å²) in [5.41, 5.74) is 0.0801. The summed E-state index contributed by atoms with van der Waals surface area (Å²) in [6.07, 6.45) is 1.28. The summed E-state index contributed by atoms with van der Waals surface area (Å²) >= 11 is 0. The van der Waals surface area contributed by atoms with Gasteiger partial charge in [-0.25, -0.2) is 4.39 Å². The largest absolute Gasteiger partial charge is 0.383 e. The third kappa shape index (κ3) is 2.03. The molecule has 1 saturated heterocycles. The number of ether oxygens (including phenoxy) is 1. The zero-order valence-electron chi connectivity index (χ0n) is 10.9. The normalized spacial score (nSPS) is 24.2. The van der Waals surface area contributed by atoms with E-state index in [1.807, 2.05) is 0 Å². The molecular weight excluding hydrogens is 247 g/mol. The van der Waals surface area contributed by atoms with Gasteiger partial charge < -0.3 is 9.64 Å². The molecule has 3 rings (SSSR count). The lowest BCUT2D eigenvalue weighted by Gasteiger charge is -2.24. The Kier molecular flexibility index (Phi) is 3.03. The van der Waals surface area contributed by atoms with Crippen LogP contribution in [0.15, 0.2) is 24.3 Å². The molecule has 1 atom stereocenters. The summed E-state index contributed by atoms with van der Waals surface area (Å²) in [6.45, 7) is 0.928. The van der Waals surface area contributed by atoms with E-state index >= 15 is 0 Å². The van der Waals surface area contributed by atoms with Gasteiger partial charge >= 0.3 is 0 Å². The minimum absolute atomic E-state index is 0.0674. The highest BCUT2D eigenvalue weighted by atomic mass is 19.1. The first kappa shape index (κ1) is 12.6.